The molecular formula is C18H20ClN3O3. The van der Waals surface area contributed by atoms with Gasteiger partial charge in [0.05, 0.1) is 11.1 Å². The van der Waals surface area contributed by atoms with Gasteiger partial charge < -0.3 is 15.4 Å². The number of pyridine rings is 1. The molecule has 0 unspecified atom stereocenters. The minimum absolute atomic E-state index is 0.280. The first-order valence-corrected chi connectivity index (χ1v) is 8.18. The molecule has 1 aromatic heterocycles. The fraction of sp³-hybridized carbons (Fsp3) is 0.278. The largest absolute Gasteiger partial charge is 0.385 e. The van der Waals surface area contributed by atoms with Crippen molar-refractivity contribution in [3.8, 4) is 0 Å². The topological polar surface area (TPSA) is 80.3 Å². The Labute approximate surface area is 151 Å². The van der Waals surface area contributed by atoms with Crippen LogP contribution in [0.4, 0.5) is 5.69 Å². The van der Waals surface area contributed by atoms with Crippen LogP contribution in [0.25, 0.3) is 0 Å². The Morgan fingerprint density at radius 1 is 1.16 bits per heavy atom. The Morgan fingerprint density at radius 3 is 2.60 bits per heavy atom. The molecule has 7 heteroatoms. The third-order valence-electron chi connectivity index (χ3n) is 3.52. The zero-order valence-electron chi connectivity index (χ0n) is 14.1. The Morgan fingerprint density at radius 2 is 1.88 bits per heavy atom. The fourth-order valence-electron chi connectivity index (χ4n) is 2.13. The summed E-state index contributed by atoms with van der Waals surface area (Å²) in [6, 6.07) is 6.76. The molecule has 0 bridgehead atoms. The second kappa shape index (κ2) is 9.15. The van der Waals surface area contributed by atoms with Crippen LogP contribution in [0.15, 0.2) is 36.7 Å². The lowest BCUT2D eigenvalue weighted by atomic mass is 10.1. The van der Waals surface area contributed by atoms with Gasteiger partial charge in [0.2, 0.25) is 0 Å². The maximum atomic E-state index is 12.4. The van der Waals surface area contributed by atoms with Gasteiger partial charge in [-0.05, 0) is 37.1 Å². The molecule has 0 saturated carbocycles. The molecule has 0 fully saturated rings. The highest BCUT2D eigenvalue weighted by Crippen LogP contribution is 2.20. The van der Waals surface area contributed by atoms with Gasteiger partial charge in [-0.2, -0.15) is 0 Å². The predicted octanol–water partition coefficient (Wildman–Crippen LogP) is 3.06. The molecule has 2 N–H and O–H groups in total. The molecule has 0 atom stereocenters. The molecule has 1 heterocycles. The van der Waals surface area contributed by atoms with Gasteiger partial charge in [-0.3, -0.25) is 14.6 Å². The SMILES string of the molecule is COCCCNC(=O)c1cncc(C(=O)Nc2cc(Cl)ccc2C)c1. The summed E-state index contributed by atoms with van der Waals surface area (Å²) >= 11 is 5.96. The number of aromatic nitrogens is 1. The normalized spacial score (nSPS) is 10.4. The monoisotopic (exact) mass is 361 g/mol. The predicted molar refractivity (Wildman–Crippen MR) is 97.2 cm³/mol. The van der Waals surface area contributed by atoms with Crippen LogP contribution in [0, 0.1) is 6.92 Å². The van der Waals surface area contributed by atoms with E-state index in [1.54, 1.807) is 19.2 Å². The van der Waals surface area contributed by atoms with Gasteiger partial charge in [0, 0.05) is 43.4 Å². The standard InChI is InChI=1S/C18H20ClN3O3/c1-12-4-5-15(19)9-16(12)22-18(24)14-8-13(10-20-11-14)17(23)21-6-3-7-25-2/h4-5,8-11H,3,6-7H2,1-2H3,(H,21,23)(H,22,24). The molecule has 2 rings (SSSR count). The van der Waals surface area contributed by atoms with E-state index in [4.69, 9.17) is 16.3 Å². The van der Waals surface area contributed by atoms with E-state index in [1.807, 2.05) is 13.0 Å². The summed E-state index contributed by atoms with van der Waals surface area (Å²) in [5.41, 5.74) is 2.13. The molecule has 1 aromatic carbocycles. The smallest absolute Gasteiger partial charge is 0.257 e. The third-order valence-corrected chi connectivity index (χ3v) is 3.76. The van der Waals surface area contributed by atoms with E-state index >= 15 is 0 Å². The Bertz CT molecular complexity index is 765. The lowest BCUT2D eigenvalue weighted by molar-refractivity contribution is 0.0948. The number of ether oxygens (including phenoxy) is 1. The molecule has 0 aliphatic rings. The number of rotatable bonds is 7. The number of amides is 2. The van der Waals surface area contributed by atoms with E-state index in [0.717, 1.165) is 5.56 Å². The summed E-state index contributed by atoms with van der Waals surface area (Å²) in [5.74, 6) is -0.635. The lowest BCUT2D eigenvalue weighted by Crippen LogP contribution is -2.25. The maximum absolute atomic E-state index is 12.4. The van der Waals surface area contributed by atoms with E-state index in [2.05, 4.69) is 15.6 Å². The number of halogens is 1. The second-order valence-electron chi connectivity index (χ2n) is 5.48. The van der Waals surface area contributed by atoms with Crippen molar-refractivity contribution >= 4 is 29.1 Å². The molecule has 2 aromatic rings. The highest BCUT2D eigenvalue weighted by Gasteiger charge is 2.12. The van der Waals surface area contributed by atoms with E-state index in [0.29, 0.717) is 41.4 Å². The van der Waals surface area contributed by atoms with Crippen LogP contribution in [0.2, 0.25) is 5.02 Å². The minimum Gasteiger partial charge on any atom is -0.385 e. The molecule has 0 saturated heterocycles. The summed E-state index contributed by atoms with van der Waals surface area (Å²) in [7, 11) is 1.61. The molecule has 132 valence electrons. The van der Waals surface area contributed by atoms with Crippen LogP contribution in [-0.2, 0) is 4.74 Å². The number of carbonyl (C=O) groups excluding carboxylic acids is 2. The van der Waals surface area contributed by atoms with Crippen molar-refractivity contribution in [1.29, 1.82) is 0 Å². The molecular weight excluding hydrogens is 342 g/mol. The summed E-state index contributed by atoms with van der Waals surface area (Å²) < 4.78 is 4.93. The van der Waals surface area contributed by atoms with Crippen LogP contribution in [0.5, 0.6) is 0 Å². The first-order valence-electron chi connectivity index (χ1n) is 7.81. The minimum atomic E-state index is -0.355. The number of carbonyl (C=O) groups is 2. The van der Waals surface area contributed by atoms with Gasteiger partial charge in [0.1, 0.15) is 0 Å². The number of anilines is 1. The van der Waals surface area contributed by atoms with Gasteiger partial charge in [0.25, 0.3) is 11.8 Å². The number of nitrogens with zero attached hydrogens (tertiary/aromatic N) is 1. The van der Waals surface area contributed by atoms with E-state index < -0.39 is 0 Å². The number of benzene rings is 1. The van der Waals surface area contributed by atoms with Crippen molar-refractivity contribution in [3.05, 3.63) is 58.4 Å². The summed E-state index contributed by atoms with van der Waals surface area (Å²) in [4.78, 5) is 28.5. The van der Waals surface area contributed by atoms with E-state index in [1.165, 1.54) is 18.5 Å². The first-order chi connectivity index (χ1) is 12.0. The highest BCUT2D eigenvalue weighted by atomic mass is 35.5. The molecule has 0 aliphatic carbocycles. The van der Waals surface area contributed by atoms with Crippen molar-refractivity contribution in [2.45, 2.75) is 13.3 Å². The van der Waals surface area contributed by atoms with Crippen molar-refractivity contribution in [1.82, 2.24) is 10.3 Å². The summed E-state index contributed by atoms with van der Waals surface area (Å²) in [6.45, 7) is 2.93. The van der Waals surface area contributed by atoms with Crippen molar-refractivity contribution in [2.24, 2.45) is 0 Å². The van der Waals surface area contributed by atoms with Crippen LogP contribution < -0.4 is 10.6 Å². The van der Waals surface area contributed by atoms with Crippen LogP contribution in [0.1, 0.15) is 32.7 Å². The highest BCUT2D eigenvalue weighted by molar-refractivity contribution is 6.31. The van der Waals surface area contributed by atoms with Crippen LogP contribution in [-0.4, -0.2) is 37.1 Å². The van der Waals surface area contributed by atoms with Gasteiger partial charge >= 0.3 is 0 Å². The molecule has 2 amide bonds. The van der Waals surface area contributed by atoms with E-state index in [9.17, 15) is 9.59 Å². The van der Waals surface area contributed by atoms with Crippen molar-refractivity contribution in [3.63, 3.8) is 0 Å². The zero-order chi connectivity index (χ0) is 18.2. The van der Waals surface area contributed by atoms with Crippen molar-refractivity contribution < 1.29 is 14.3 Å². The van der Waals surface area contributed by atoms with Crippen LogP contribution >= 0.6 is 11.6 Å². The quantitative estimate of drug-likeness (QED) is 0.743. The summed E-state index contributed by atoms with van der Waals surface area (Å²) in [5, 5.41) is 6.07. The number of hydrogen-bond donors (Lipinski definition) is 2. The van der Waals surface area contributed by atoms with Gasteiger partial charge in [-0.1, -0.05) is 17.7 Å². The summed E-state index contributed by atoms with van der Waals surface area (Å²) in [6.07, 6.45) is 3.55. The van der Waals surface area contributed by atoms with Crippen LogP contribution in [0.3, 0.4) is 0 Å². The van der Waals surface area contributed by atoms with Gasteiger partial charge in [-0.25, -0.2) is 0 Å². The Kier molecular flexibility index (Phi) is 6.91. The zero-order valence-corrected chi connectivity index (χ0v) is 14.9. The number of hydrogen-bond acceptors (Lipinski definition) is 4. The molecule has 0 aliphatic heterocycles. The number of aryl methyl sites for hydroxylation is 1. The molecule has 0 spiro atoms. The van der Waals surface area contributed by atoms with Gasteiger partial charge in [0.15, 0.2) is 0 Å². The second-order valence-corrected chi connectivity index (χ2v) is 5.91. The number of nitrogens with one attached hydrogen (secondary N) is 2. The van der Waals surface area contributed by atoms with E-state index in [-0.39, 0.29) is 11.8 Å². The number of methoxy groups -OCH3 is 1. The Hall–Kier alpha value is -2.44. The lowest BCUT2D eigenvalue weighted by Gasteiger charge is -2.10. The maximum Gasteiger partial charge on any atom is 0.257 e. The first kappa shape index (κ1) is 18.9. The molecule has 25 heavy (non-hydrogen) atoms. The third kappa shape index (κ3) is 5.55. The average molecular weight is 362 g/mol. The average Bonchev–Trinajstić information content (AvgIpc) is 2.61. The fourth-order valence-corrected chi connectivity index (χ4v) is 2.30. The Balaban J connectivity index is 2.05. The molecule has 6 nitrogen and oxygen atoms in total. The molecule has 0 radical (unpaired) electrons. The van der Waals surface area contributed by atoms with Crippen molar-refractivity contribution in [2.75, 3.05) is 25.6 Å². The van der Waals surface area contributed by atoms with Gasteiger partial charge in [-0.15, -0.1) is 0 Å².